The van der Waals surface area contributed by atoms with Crippen molar-refractivity contribution in [3.63, 3.8) is 0 Å². The summed E-state index contributed by atoms with van der Waals surface area (Å²) in [5.41, 5.74) is 2.97. The topological polar surface area (TPSA) is 64.6 Å². The van der Waals surface area contributed by atoms with E-state index in [4.69, 9.17) is 44.8 Å². The molecule has 1 aliphatic rings. The van der Waals surface area contributed by atoms with Gasteiger partial charge in [0.2, 0.25) is 0 Å². The van der Waals surface area contributed by atoms with Crippen molar-refractivity contribution in [1.29, 1.82) is 0 Å². The van der Waals surface area contributed by atoms with Gasteiger partial charge in [-0.3, -0.25) is 0 Å². The molecule has 1 aliphatic heterocycles. The Morgan fingerprint density at radius 1 is 0.750 bits per heavy atom. The van der Waals surface area contributed by atoms with Gasteiger partial charge in [-0.25, -0.2) is 0 Å². The normalized spacial score (nSPS) is 20.9. The van der Waals surface area contributed by atoms with Crippen LogP contribution in [0.5, 0.6) is 11.5 Å². The maximum Gasteiger partial charge on any atom is 0.127 e. The lowest BCUT2D eigenvalue weighted by Gasteiger charge is -2.46. The minimum Gasteiger partial charge on any atom is -0.494 e. The van der Waals surface area contributed by atoms with Crippen molar-refractivity contribution >= 4 is 11.6 Å². The van der Waals surface area contributed by atoms with Gasteiger partial charge in [-0.15, -0.1) is 0 Å². The molecule has 0 spiro atoms. The van der Waals surface area contributed by atoms with E-state index in [1.165, 1.54) is 0 Å². The average molecular weight is 689 g/mol. The highest BCUT2D eigenvalue weighted by atomic mass is 35.5. The summed E-state index contributed by atoms with van der Waals surface area (Å²) < 4.78 is 45.3. The zero-order valence-corrected chi connectivity index (χ0v) is 30.9. The Morgan fingerprint density at radius 3 is 1.96 bits per heavy atom. The number of halogens is 1. The number of hydrogen-bond donors (Lipinski definition) is 0. The quantitative estimate of drug-likeness (QED) is 0.0760. The molecule has 1 saturated heterocycles. The minimum atomic E-state index is -0.504. The molecule has 48 heavy (non-hydrogen) atoms. The standard InChI is InChI=1S/C40H61ClO7/c1-7-13-22-42-29-36-38(45-23-14-8-2)40(47-25-16-10-4)39(46-24-15-9-3)37(48-36)33-27-31(34(41)28-35(33)44-21-11-5)26-30-17-19-32(20-18-30)43-12-6/h11,17-20,27-28,36-40H,5,7-10,12-16,21-26,29H2,1-4,6H3/t36-,37+,38-,39+,40+/m1/s1. The van der Waals surface area contributed by atoms with Crippen LogP contribution >= 0.6 is 11.6 Å². The molecule has 3 rings (SSSR count). The molecule has 0 unspecified atom stereocenters. The Bertz CT molecular complexity index is 1160. The fourth-order valence-electron chi connectivity index (χ4n) is 5.75. The summed E-state index contributed by atoms with van der Waals surface area (Å²) >= 11 is 6.96. The van der Waals surface area contributed by atoms with Crippen molar-refractivity contribution < 1.29 is 33.2 Å². The van der Waals surface area contributed by atoms with Gasteiger partial charge in [0.05, 0.1) is 13.2 Å². The predicted octanol–water partition coefficient (Wildman–Crippen LogP) is 9.71. The van der Waals surface area contributed by atoms with Gasteiger partial charge in [-0.05, 0) is 74.4 Å². The number of ether oxygens (including phenoxy) is 7. The van der Waals surface area contributed by atoms with Gasteiger partial charge >= 0.3 is 0 Å². The molecule has 0 radical (unpaired) electrons. The second-order valence-electron chi connectivity index (χ2n) is 12.4. The van der Waals surface area contributed by atoms with Crippen LogP contribution in [0, 0.1) is 0 Å². The summed E-state index contributed by atoms with van der Waals surface area (Å²) in [4.78, 5) is 0. The minimum absolute atomic E-state index is 0.332. The SMILES string of the molecule is C=CCOc1cc(Cl)c(Cc2ccc(OCC)cc2)cc1[C@@H]1O[C@H](COCCCC)[C@@H](OCCCC)[C@H](OCCCC)[C@H]1OCCCC. The number of unbranched alkanes of at least 4 members (excludes halogenated alkanes) is 4. The van der Waals surface area contributed by atoms with Gasteiger partial charge < -0.3 is 33.2 Å². The molecule has 0 N–H and O–H groups in total. The van der Waals surface area contributed by atoms with Gasteiger partial charge in [0.1, 0.15) is 48.6 Å². The van der Waals surface area contributed by atoms with Crippen LogP contribution in [0.4, 0.5) is 0 Å². The van der Waals surface area contributed by atoms with Crippen LogP contribution in [0.2, 0.25) is 5.02 Å². The number of hydrogen-bond acceptors (Lipinski definition) is 7. The molecule has 2 aromatic carbocycles. The van der Waals surface area contributed by atoms with E-state index in [1.54, 1.807) is 6.08 Å². The first-order valence-electron chi connectivity index (χ1n) is 18.4. The van der Waals surface area contributed by atoms with E-state index in [0.29, 0.717) is 63.4 Å². The summed E-state index contributed by atoms with van der Waals surface area (Å²) in [5, 5.41) is 0.627. The second-order valence-corrected chi connectivity index (χ2v) is 12.8. The summed E-state index contributed by atoms with van der Waals surface area (Å²) in [5.74, 6) is 1.49. The van der Waals surface area contributed by atoms with E-state index in [2.05, 4.69) is 52.5 Å². The highest BCUT2D eigenvalue weighted by Crippen LogP contribution is 2.43. The fourth-order valence-corrected chi connectivity index (χ4v) is 5.97. The molecule has 270 valence electrons. The maximum atomic E-state index is 7.06. The van der Waals surface area contributed by atoms with E-state index in [9.17, 15) is 0 Å². The largest absolute Gasteiger partial charge is 0.494 e. The van der Waals surface area contributed by atoms with Gasteiger partial charge in [-0.1, -0.05) is 89.8 Å². The smallest absolute Gasteiger partial charge is 0.127 e. The predicted molar refractivity (Wildman–Crippen MR) is 195 cm³/mol. The monoisotopic (exact) mass is 688 g/mol. The molecule has 2 aromatic rings. The van der Waals surface area contributed by atoms with E-state index >= 15 is 0 Å². The fraction of sp³-hybridized carbons (Fsp3) is 0.650. The second kappa shape index (κ2) is 23.3. The van der Waals surface area contributed by atoms with Crippen molar-refractivity contribution in [3.05, 3.63) is 70.8 Å². The first-order valence-corrected chi connectivity index (χ1v) is 18.7. The highest BCUT2D eigenvalue weighted by molar-refractivity contribution is 6.31. The van der Waals surface area contributed by atoms with Crippen LogP contribution in [0.25, 0.3) is 0 Å². The van der Waals surface area contributed by atoms with Crippen LogP contribution in [0.1, 0.15) is 109 Å². The summed E-state index contributed by atoms with van der Waals surface area (Å²) in [6.07, 6.45) is 8.35. The van der Waals surface area contributed by atoms with Crippen LogP contribution in [-0.2, 0) is 30.1 Å². The number of rotatable bonds is 25. The van der Waals surface area contributed by atoms with Crippen molar-refractivity contribution in [2.45, 2.75) is 123 Å². The summed E-state index contributed by atoms with van der Waals surface area (Å²) in [7, 11) is 0. The Morgan fingerprint density at radius 2 is 1.35 bits per heavy atom. The van der Waals surface area contributed by atoms with Gasteiger partial charge in [0.25, 0.3) is 0 Å². The molecule has 0 amide bonds. The zero-order valence-electron chi connectivity index (χ0n) is 30.2. The highest BCUT2D eigenvalue weighted by Gasteiger charge is 2.49. The molecule has 0 saturated carbocycles. The Hall–Kier alpha value is -2.13. The molecule has 1 heterocycles. The van der Waals surface area contributed by atoms with Crippen LogP contribution in [0.15, 0.2) is 49.1 Å². The number of benzene rings is 2. The Labute approximate surface area is 295 Å². The molecule has 0 aromatic heterocycles. The van der Waals surface area contributed by atoms with E-state index in [0.717, 1.165) is 73.8 Å². The third-order valence-corrected chi connectivity index (χ3v) is 8.81. The summed E-state index contributed by atoms with van der Waals surface area (Å²) in [6.45, 7) is 18.4. The van der Waals surface area contributed by atoms with Gasteiger partial charge in [-0.2, -0.15) is 0 Å². The molecule has 5 atom stereocenters. The first kappa shape index (κ1) is 40.3. The van der Waals surface area contributed by atoms with Crippen molar-refractivity contribution in [1.82, 2.24) is 0 Å². The van der Waals surface area contributed by atoms with Crippen molar-refractivity contribution in [2.75, 3.05) is 46.2 Å². The van der Waals surface area contributed by atoms with Gasteiger partial charge in [0.15, 0.2) is 0 Å². The van der Waals surface area contributed by atoms with Crippen LogP contribution in [-0.4, -0.2) is 70.7 Å². The van der Waals surface area contributed by atoms with Crippen molar-refractivity contribution in [3.8, 4) is 11.5 Å². The lowest BCUT2D eigenvalue weighted by Crippen LogP contribution is -2.58. The van der Waals surface area contributed by atoms with E-state index < -0.39 is 12.2 Å². The molecule has 0 aliphatic carbocycles. The lowest BCUT2D eigenvalue weighted by atomic mass is 9.88. The lowest BCUT2D eigenvalue weighted by molar-refractivity contribution is -0.268. The van der Waals surface area contributed by atoms with Gasteiger partial charge in [0, 0.05) is 37.0 Å². The molecule has 1 fully saturated rings. The molecule has 8 heteroatoms. The zero-order chi connectivity index (χ0) is 34.6. The maximum absolute atomic E-state index is 7.06. The molecular weight excluding hydrogens is 628 g/mol. The van der Waals surface area contributed by atoms with E-state index in [1.807, 2.05) is 25.1 Å². The average Bonchev–Trinajstić information content (AvgIpc) is 3.09. The van der Waals surface area contributed by atoms with Crippen LogP contribution < -0.4 is 9.47 Å². The third kappa shape index (κ3) is 12.6. The molecular formula is C40H61ClO7. The van der Waals surface area contributed by atoms with E-state index in [-0.39, 0.29) is 18.3 Å². The van der Waals surface area contributed by atoms with Crippen molar-refractivity contribution in [2.24, 2.45) is 0 Å². The summed E-state index contributed by atoms with van der Waals surface area (Å²) in [6, 6.07) is 12.2. The molecule has 7 nitrogen and oxygen atoms in total. The third-order valence-electron chi connectivity index (χ3n) is 8.45. The Balaban J connectivity index is 2.11. The van der Waals surface area contributed by atoms with Crippen LogP contribution in [0.3, 0.4) is 0 Å². The Kier molecular flexibility index (Phi) is 19.6. The molecule has 0 bridgehead atoms. The first-order chi connectivity index (χ1) is 23.5.